The number of carbonyl (C=O) groups excluding carboxylic acids is 2. The van der Waals surface area contributed by atoms with Gasteiger partial charge in [-0.1, -0.05) is 18.2 Å². The van der Waals surface area contributed by atoms with Gasteiger partial charge in [-0.15, -0.1) is 0 Å². The molecule has 4 rings (SSSR count). The summed E-state index contributed by atoms with van der Waals surface area (Å²) in [6.45, 7) is 3.95. The molecule has 1 heterocycles. The van der Waals surface area contributed by atoms with E-state index < -0.39 is 6.10 Å². The molecule has 176 valence electrons. The molecule has 1 N–H and O–H groups in total. The van der Waals surface area contributed by atoms with Crippen molar-refractivity contribution in [3.05, 3.63) is 48.0 Å². The summed E-state index contributed by atoms with van der Waals surface area (Å²) in [5.41, 5.74) is 1.63. The largest absolute Gasteiger partial charge is 0.493 e. The summed E-state index contributed by atoms with van der Waals surface area (Å²) < 4.78 is 17.3. The number of nitrogens with zero attached hydrogens (tertiary/aromatic N) is 1. The molecule has 1 aliphatic heterocycles. The van der Waals surface area contributed by atoms with Gasteiger partial charge in [-0.3, -0.25) is 9.59 Å². The number of carbonyl (C=O) groups is 2. The van der Waals surface area contributed by atoms with Gasteiger partial charge < -0.3 is 24.4 Å². The fourth-order valence-corrected chi connectivity index (χ4v) is 4.44. The molecule has 0 bridgehead atoms. The lowest BCUT2D eigenvalue weighted by Gasteiger charge is -2.32. The number of nitrogens with one attached hydrogen (secondary N) is 1. The molecule has 2 aliphatic rings. The molecule has 0 saturated heterocycles. The monoisotopic (exact) mass is 452 g/mol. The van der Waals surface area contributed by atoms with Gasteiger partial charge in [0.05, 0.1) is 24.9 Å². The Balaban J connectivity index is 1.36. The molecule has 2 atom stereocenters. The smallest absolute Gasteiger partial charge is 0.267 e. The van der Waals surface area contributed by atoms with Crippen molar-refractivity contribution < 1.29 is 23.8 Å². The first-order valence-electron chi connectivity index (χ1n) is 11.7. The van der Waals surface area contributed by atoms with Crippen LogP contribution in [0.15, 0.2) is 42.5 Å². The predicted molar refractivity (Wildman–Crippen MR) is 126 cm³/mol. The zero-order valence-electron chi connectivity index (χ0n) is 19.5. The van der Waals surface area contributed by atoms with Crippen molar-refractivity contribution in [3.8, 4) is 17.2 Å². The molecule has 0 radical (unpaired) electrons. The van der Waals surface area contributed by atoms with Crippen molar-refractivity contribution in [3.63, 3.8) is 0 Å². The van der Waals surface area contributed by atoms with Crippen LogP contribution < -0.4 is 24.4 Å². The first-order valence-corrected chi connectivity index (χ1v) is 11.7. The van der Waals surface area contributed by atoms with E-state index in [-0.39, 0.29) is 30.4 Å². The van der Waals surface area contributed by atoms with Gasteiger partial charge in [-0.05, 0) is 69.4 Å². The summed E-state index contributed by atoms with van der Waals surface area (Å²) in [6, 6.07) is 13.0. The third-order valence-corrected chi connectivity index (χ3v) is 6.30. The Morgan fingerprint density at radius 2 is 1.94 bits per heavy atom. The molecule has 2 amide bonds. The normalized spacial score (nSPS) is 18.9. The maximum atomic E-state index is 12.7. The van der Waals surface area contributed by atoms with Gasteiger partial charge in [0.25, 0.3) is 5.91 Å². The average Bonchev–Trinajstić information content (AvgIpc) is 3.32. The molecule has 7 heteroatoms. The lowest BCUT2D eigenvalue weighted by atomic mass is 10.1. The van der Waals surface area contributed by atoms with Gasteiger partial charge in [0, 0.05) is 13.0 Å². The van der Waals surface area contributed by atoms with Crippen LogP contribution in [0.4, 0.5) is 5.69 Å². The van der Waals surface area contributed by atoms with E-state index in [2.05, 4.69) is 5.32 Å². The van der Waals surface area contributed by atoms with Crippen molar-refractivity contribution >= 4 is 17.5 Å². The number of para-hydroxylation sites is 2. The zero-order chi connectivity index (χ0) is 23.4. The van der Waals surface area contributed by atoms with Crippen LogP contribution in [-0.2, 0) is 9.59 Å². The fourth-order valence-electron chi connectivity index (χ4n) is 4.44. The lowest BCUT2D eigenvalue weighted by molar-refractivity contribution is -0.125. The number of amides is 2. The van der Waals surface area contributed by atoms with E-state index in [1.54, 1.807) is 18.9 Å². The van der Waals surface area contributed by atoms with Gasteiger partial charge in [-0.2, -0.15) is 0 Å². The first kappa shape index (κ1) is 23.0. The number of ether oxygens (including phenoxy) is 3. The molecule has 0 spiro atoms. The number of anilines is 1. The summed E-state index contributed by atoms with van der Waals surface area (Å²) in [6.07, 6.45) is 4.43. The quantitative estimate of drug-likeness (QED) is 0.643. The van der Waals surface area contributed by atoms with Crippen LogP contribution in [0.2, 0.25) is 0 Å². The Morgan fingerprint density at radius 3 is 2.70 bits per heavy atom. The predicted octanol–water partition coefficient (Wildman–Crippen LogP) is 4.40. The first-order chi connectivity index (χ1) is 16.0. The zero-order valence-corrected chi connectivity index (χ0v) is 19.5. The van der Waals surface area contributed by atoms with Gasteiger partial charge in [0.1, 0.15) is 5.75 Å². The molecule has 1 aliphatic carbocycles. The number of hydrogen-bond donors (Lipinski definition) is 1. The number of fused-ring (bicyclic) bond motifs is 1. The van der Waals surface area contributed by atoms with Gasteiger partial charge in [0.15, 0.2) is 17.6 Å². The van der Waals surface area contributed by atoms with Gasteiger partial charge in [-0.25, -0.2) is 0 Å². The maximum Gasteiger partial charge on any atom is 0.267 e. The minimum absolute atomic E-state index is 0.128. The molecule has 2 aromatic rings. The van der Waals surface area contributed by atoms with Crippen LogP contribution in [0.1, 0.15) is 57.6 Å². The summed E-state index contributed by atoms with van der Waals surface area (Å²) in [5, 5.41) is 3.03. The Morgan fingerprint density at radius 1 is 1.18 bits per heavy atom. The number of hydrogen-bond acceptors (Lipinski definition) is 5. The standard InChI is InChI=1S/C26H32N2O5/c1-17(19-12-13-23(24(16-19)31-3)33-20-8-4-5-9-20)27-25(29)14-15-28-21-10-6-7-11-22(21)32-18(2)26(28)30/h6-7,10-13,16-18,20H,4-5,8-9,14-15H2,1-3H3,(H,27,29). The molecular weight excluding hydrogens is 420 g/mol. The molecule has 0 aromatic heterocycles. The molecule has 7 nitrogen and oxygen atoms in total. The number of methoxy groups -OCH3 is 1. The van der Waals surface area contributed by atoms with Crippen LogP contribution in [0.25, 0.3) is 0 Å². The van der Waals surface area contributed by atoms with E-state index >= 15 is 0 Å². The molecule has 1 fully saturated rings. The minimum atomic E-state index is -0.570. The van der Waals surface area contributed by atoms with E-state index in [9.17, 15) is 9.59 Å². The average molecular weight is 453 g/mol. The minimum Gasteiger partial charge on any atom is -0.493 e. The van der Waals surface area contributed by atoms with Crippen LogP contribution in [0.5, 0.6) is 17.2 Å². The third kappa shape index (κ3) is 5.24. The van der Waals surface area contributed by atoms with Crippen LogP contribution in [0, 0.1) is 0 Å². The summed E-state index contributed by atoms with van der Waals surface area (Å²) in [7, 11) is 1.63. The topological polar surface area (TPSA) is 77.1 Å². The highest BCUT2D eigenvalue weighted by atomic mass is 16.5. The highest BCUT2D eigenvalue weighted by molar-refractivity contribution is 6.00. The van der Waals surface area contributed by atoms with Crippen molar-refractivity contribution in [1.29, 1.82) is 0 Å². The Bertz CT molecular complexity index is 1000. The van der Waals surface area contributed by atoms with Gasteiger partial charge >= 0.3 is 0 Å². The molecule has 2 unspecified atom stereocenters. The van der Waals surface area contributed by atoms with Crippen LogP contribution in [0.3, 0.4) is 0 Å². The van der Waals surface area contributed by atoms with Gasteiger partial charge in [0.2, 0.25) is 5.91 Å². The van der Waals surface area contributed by atoms with E-state index in [0.717, 1.165) is 24.2 Å². The third-order valence-electron chi connectivity index (χ3n) is 6.30. The molecular formula is C26H32N2O5. The second-order valence-electron chi connectivity index (χ2n) is 8.69. The summed E-state index contributed by atoms with van der Waals surface area (Å²) in [4.78, 5) is 26.9. The lowest BCUT2D eigenvalue weighted by Crippen LogP contribution is -2.45. The highest BCUT2D eigenvalue weighted by Crippen LogP contribution is 2.35. The van der Waals surface area contributed by atoms with Crippen LogP contribution >= 0.6 is 0 Å². The Kier molecular flexibility index (Phi) is 7.06. The second kappa shape index (κ2) is 10.1. The highest BCUT2D eigenvalue weighted by Gasteiger charge is 2.31. The van der Waals surface area contributed by atoms with E-state index in [1.165, 1.54) is 12.8 Å². The molecule has 33 heavy (non-hydrogen) atoms. The van der Waals surface area contributed by atoms with Crippen LogP contribution in [-0.4, -0.2) is 37.7 Å². The fraction of sp³-hybridized carbons (Fsp3) is 0.462. The van der Waals surface area contributed by atoms with Crippen molar-refractivity contribution in [1.82, 2.24) is 5.32 Å². The van der Waals surface area contributed by atoms with E-state index in [0.29, 0.717) is 23.7 Å². The van der Waals surface area contributed by atoms with Crippen molar-refractivity contribution in [2.24, 2.45) is 0 Å². The van der Waals surface area contributed by atoms with Crippen molar-refractivity contribution in [2.75, 3.05) is 18.6 Å². The number of benzene rings is 2. The summed E-state index contributed by atoms with van der Waals surface area (Å²) in [5.74, 6) is 1.80. The maximum absolute atomic E-state index is 12.7. The van der Waals surface area contributed by atoms with E-state index in [1.807, 2.05) is 49.4 Å². The SMILES string of the molecule is COc1cc(C(C)NC(=O)CCN2C(=O)C(C)Oc3ccccc32)ccc1OC1CCCC1. The van der Waals surface area contributed by atoms with E-state index in [4.69, 9.17) is 14.2 Å². The molecule has 1 saturated carbocycles. The number of rotatable bonds is 8. The molecule has 2 aromatic carbocycles. The Labute approximate surface area is 195 Å². The Hall–Kier alpha value is -3.22. The second-order valence-corrected chi connectivity index (χ2v) is 8.69. The summed E-state index contributed by atoms with van der Waals surface area (Å²) >= 11 is 0. The van der Waals surface area contributed by atoms with Crippen molar-refractivity contribution in [2.45, 2.75) is 64.2 Å².